The number of ether oxygens (including phenoxy) is 2. The topological polar surface area (TPSA) is 81.5 Å². The molecule has 0 unspecified atom stereocenters. The first-order valence-electron chi connectivity index (χ1n) is 11.5. The Kier molecular flexibility index (Phi) is 7.73. The van der Waals surface area contributed by atoms with E-state index in [0.29, 0.717) is 41.3 Å². The van der Waals surface area contributed by atoms with Crippen LogP contribution in [-0.4, -0.2) is 27.1 Å². The van der Waals surface area contributed by atoms with Crippen molar-refractivity contribution in [3.63, 3.8) is 0 Å². The summed E-state index contributed by atoms with van der Waals surface area (Å²) in [5, 5.41) is 9.33. The second kappa shape index (κ2) is 10.7. The highest BCUT2D eigenvalue weighted by Gasteiger charge is 2.28. The second-order valence-corrected chi connectivity index (χ2v) is 10.7. The highest BCUT2D eigenvalue weighted by Crippen LogP contribution is 2.37. The van der Waals surface area contributed by atoms with Crippen LogP contribution in [0.25, 0.3) is 10.6 Å². The van der Waals surface area contributed by atoms with E-state index in [0.717, 1.165) is 34.7 Å². The zero-order valence-electron chi connectivity index (χ0n) is 19.6. The molecule has 4 rings (SSSR count). The van der Waals surface area contributed by atoms with Crippen molar-refractivity contribution in [3.8, 4) is 22.2 Å². The van der Waals surface area contributed by atoms with Crippen molar-refractivity contribution in [1.82, 2.24) is 9.97 Å². The second-order valence-electron chi connectivity index (χ2n) is 9.00. The maximum absolute atomic E-state index is 11.3. The average molecular weight is 501 g/mol. The molecule has 0 aromatic carbocycles. The monoisotopic (exact) mass is 500 g/mol. The minimum atomic E-state index is -0.742. The summed E-state index contributed by atoms with van der Waals surface area (Å²) in [7, 11) is 0. The molecule has 3 heterocycles. The molecule has 8 heteroatoms. The van der Waals surface area contributed by atoms with Crippen molar-refractivity contribution >= 4 is 28.9 Å². The molecule has 0 amide bonds. The van der Waals surface area contributed by atoms with Crippen LogP contribution < -0.4 is 9.47 Å². The lowest BCUT2D eigenvalue weighted by molar-refractivity contribution is -0.143. The Morgan fingerprint density at radius 2 is 2.09 bits per heavy atom. The SMILES string of the molecule is Cc1nc(-c2sc(Cl)cc2COc2ccc(C(C)C)cn2)ccc1O[C@H]1CCC[C@H](C(=O)O)C1. The van der Waals surface area contributed by atoms with Gasteiger partial charge >= 0.3 is 5.97 Å². The van der Waals surface area contributed by atoms with Crippen molar-refractivity contribution in [2.45, 2.75) is 65.1 Å². The Morgan fingerprint density at radius 3 is 2.76 bits per heavy atom. The van der Waals surface area contributed by atoms with Gasteiger partial charge in [-0.05, 0) is 62.3 Å². The van der Waals surface area contributed by atoms with E-state index in [2.05, 4.69) is 18.8 Å². The van der Waals surface area contributed by atoms with Gasteiger partial charge in [0.25, 0.3) is 0 Å². The molecule has 1 N–H and O–H groups in total. The van der Waals surface area contributed by atoms with Gasteiger partial charge in [0.05, 0.1) is 32.6 Å². The van der Waals surface area contributed by atoms with E-state index in [1.54, 1.807) is 0 Å². The molecular weight excluding hydrogens is 472 g/mol. The fraction of sp³-hybridized carbons (Fsp3) is 0.423. The first kappa shape index (κ1) is 24.5. The van der Waals surface area contributed by atoms with E-state index in [-0.39, 0.29) is 12.0 Å². The smallest absolute Gasteiger partial charge is 0.306 e. The van der Waals surface area contributed by atoms with Crippen LogP contribution >= 0.6 is 22.9 Å². The molecule has 3 aromatic heterocycles. The molecule has 0 aliphatic heterocycles. The number of aryl methyl sites for hydroxylation is 1. The van der Waals surface area contributed by atoms with Crippen LogP contribution in [0.3, 0.4) is 0 Å². The lowest BCUT2D eigenvalue weighted by atomic mass is 9.87. The summed E-state index contributed by atoms with van der Waals surface area (Å²) in [5.41, 5.74) is 3.68. The van der Waals surface area contributed by atoms with Crippen LogP contribution in [0.4, 0.5) is 0 Å². The third kappa shape index (κ3) is 5.88. The Morgan fingerprint density at radius 1 is 1.26 bits per heavy atom. The number of carboxylic acids is 1. The number of aliphatic carboxylic acids is 1. The molecule has 0 saturated heterocycles. The summed E-state index contributed by atoms with van der Waals surface area (Å²) < 4.78 is 12.7. The van der Waals surface area contributed by atoms with Gasteiger partial charge in [-0.25, -0.2) is 9.97 Å². The average Bonchev–Trinajstić information content (AvgIpc) is 3.20. The zero-order chi connectivity index (χ0) is 24.2. The summed E-state index contributed by atoms with van der Waals surface area (Å²) in [6, 6.07) is 9.65. The van der Waals surface area contributed by atoms with Crippen molar-refractivity contribution in [3.05, 3.63) is 57.7 Å². The summed E-state index contributed by atoms with van der Waals surface area (Å²) in [6.45, 7) is 6.50. The van der Waals surface area contributed by atoms with Crippen LogP contribution in [0, 0.1) is 12.8 Å². The molecule has 0 spiro atoms. The molecule has 2 atom stereocenters. The van der Waals surface area contributed by atoms with E-state index in [1.165, 1.54) is 16.9 Å². The predicted molar refractivity (Wildman–Crippen MR) is 134 cm³/mol. The van der Waals surface area contributed by atoms with Crippen LogP contribution in [0.1, 0.15) is 62.3 Å². The number of hydrogen-bond donors (Lipinski definition) is 1. The van der Waals surface area contributed by atoms with Crippen LogP contribution in [-0.2, 0) is 11.4 Å². The number of thiophene rings is 1. The van der Waals surface area contributed by atoms with Gasteiger partial charge in [-0.3, -0.25) is 4.79 Å². The fourth-order valence-corrected chi connectivity index (χ4v) is 5.37. The molecule has 1 aliphatic carbocycles. The van der Waals surface area contributed by atoms with Crippen LogP contribution in [0.5, 0.6) is 11.6 Å². The lowest BCUT2D eigenvalue weighted by Crippen LogP contribution is -2.29. The minimum Gasteiger partial charge on any atom is -0.489 e. The molecule has 1 saturated carbocycles. The number of rotatable bonds is 8. The molecule has 1 aliphatic rings. The Bertz CT molecular complexity index is 1150. The molecule has 0 bridgehead atoms. The predicted octanol–water partition coefficient (Wildman–Crippen LogP) is 6.89. The first-order valence-corrected chi connectivity index (χ1v) is 12.7. The highest BCUT2D eigenvalue weighted by molar-refractivity contribution is 7.19. The van der Waals surface area contributed by atoms with Crippen LogP contribution in [0.2, 0.25) is 4.34 Å². The summed E-state index contributed by atoms with van der Waals surface area (Å²) in [6.07, 6.45) is 4.71. The Labute approximate surface area is 208 Å². The standard InChI is InChI=1S/C26H29ClN2O4S/c1-15(2)18-7-10-24(28-13-18)32-14-19-12-23(27)34-25(19)21-8-9-22(16(3)29-21)33-20-6-4-5-17(11-20)26(30)31/h7-10,12-13,15,17,20H,4-6,11,14H2,1-3H3,(H,30,31)/t17-,20-/m0/s1. The third-order valence-corrected chi connectivity index (χ3v) is 7.45. The van der Waals surface area contributed by atoms with Gasteiger partial charge in [0, 0.05) is 17.8 Å². The molecule has 0 radical (unpaired) electrons. The van der Waals surface area contributed by atoms with Gasteiger partial charge in [0.2, 0.25) is 5.88 Å². The molecular formula is C26H29ClN2O4S. The number of halogens is 1. The molecule has 34 heavy (non-hydrogen) atoms. The van der Waals surface area contributed by atoms with E-state index in [1.807, 2.05) is 43.5 Å². The van der Waals surface area contributed by atoms with Gasteiger partial charge in [-0.15, -0.1) is 11.3 Å². The van der Waals surface area contributed by atoms with E-state index in [9.17, 15) is 9.90 Å². The number of pyridine rings is 2. The summed E-state index contributed by atoms with van der Waals surface area (Å²) in [5.74, 6) is 0.598. The van der Waals surface area contributed by atoms with Gasteiger partial charge in [0.15, 0.2) is 0 Å². The van der Waals surface area contributed by atoms with Gasteiger partial charge < -0.3 is 14.6 Å². The Hall–Kier alpha value is -2.64. The lowest BCUT2D eigenvalue weighted by Gasteiger charge is -2.27. The maximum atomic E-state index is 11.3. The fourth-order valence-electron chi connectivity index (χ4n) is 4.14. The Balaban J connectivity index is 1.46. The van der Waals surface area contributed by atoms with E-state index < -0.39 is 5.97 Å². The molecule has 1 fully saturated rings. The quantitative estimate of drug-likeness (QED) is 0.362. The molecule has 180 valence electrons. The molecule has 3 aromatic rings. The number of nitrogens with zero attached hydrogens (tertiary/aromatic N) is 2. The summed E-state index contributed by atoms with van der Waals surface area (Å²) >= 11 is 7.80. The van der Waals surface area contributed by atoms with Crippen molar-refractivity contribution < 1.29 is 19.4 Å². The van der Waals surface area contributed by atoms with Gasteiger partial charge in [-0.1, -0.05) is 31.5 Å². The normalized spacial score (nSPS) is 18.1. The van der Waals surface area contributed by atoms with Gasteiger partial charge in [0.1, 0.15) is 12.4 Å². The largest absolute Gasteiger partial charge is 0.489 e. The van der Waals surface area contributed by atoms with Crippen LogP contribution in [0.15, 0.2) is 36.5 Å². The molecule has 6 nitrogen and oxygen atoms in total. The summed E-state index contributed by atoms with van der Waals surface area (Å²) in [4.78, 5) is 21.5. The number of hydrogen-bond acceptors (Lipinski definition) is 6. The number of aromatic nitrogens is 2. The van der Waals surface area contributed by atoms with Crippen molar-refractivity contribution in [2.75, 3.05) is 0 Å². The van der Waals surface area contributed by atoms with E-state index in [4.69, 9.17) is 26.1 Å². The van der Waals surface area contributed by atoms with E-state index >= 15 is 0 Å². The minimum absolute atomic E-state index is 0.101. The number of carboxylic acid groups (broad SMARTS) is 1. The number of carbonyl (C=O) groups is 1. The highest BCUT2D eigenvalue weighted by atomic mass is 35.5. The maximum Gasteiger partial charge on any atom is 0.306 e. The van der Waals surface area contributed by atoms with Gasteiger partial charge in [-0.2, -0.15) is 0 Å². The first-order chi connectivity index (χ1) is 16.3. The third-order valence-electron chi connectivity index (χ3n) is 6.12. The zero-order valence-corrected chi connectivity index (χ0v) is 21.2. The van der Waals surface area contributed by atoms with Crippen molar-refractivity contribution in [1.29, 1.82) is 0 Å². The van der Waals surface area contributed by atoms with Crippen molar-refractivity contribution in [2.24, 2.45) is 5.92 Å².